The largest absolute Gasteiger partial charge is 0.346 e. The van der Waals surface area contributed by atoms with E-state index >= 15 is 0 Å². The summed E-state index contributed by atoms with van der Waals surface area (Å²) in [7, 11) is 0. The lowest BCUT2D eigenvalue weighted by atomic mass is 9.95. The van der Waals surface area contributed by atoms with Gasteiger partial charge < -0.3 is 14.8 Å². The number of para-hydroxylation sites is 2. The molecule has 0 aliphatic carbocycles. The van der Waals surface area contributed by atoms with Crippen LogP contribution in [0.25, 0.3) is 11.0 Å². The minimum atomic E-state index is -0.477. The lowest BCUT2D eigenvalue weighted by molar-refractivity contribution is -0.132. The van der Waals surface area contributed by atoms with Gasteiger partial charge in [0, 0.05) is 18.5 Å². The highest BCUT2D eigenvalue weighted by Gasteiger charge is 2.26. The number of fused-ring (bicyclic) bond motifs is 1. The standard InChI is InChI=1S/C21H30N4O2/c1-15(22-20(27)21(2,3)4)19-23-16-10-6-7-11-17(16)25(19)14-18(26)24-12-8-5-9-13-24/h6-7,10-11,15H,5,8-9,12-14H2,1-4H3,(H,22,27). The van der Waals surface area contributed by atoms with Gasteiger partial charge in [-0.1, -0.05) is 32.9 Å². The molecule has 1 unspecified atom stereocenters. The molecule has 1 aromatic carbocycles. The highest BCUT2D eigenvalue weighted by molar-refractivity contribution is 5.83. The maximum atomic E-state index is 12.9. The fourth-order valence-electron chi connectivity index (χ4n) is 3.45. The molecule has 1 saturated heterocycles. The molecule has 0 radical (unpaired) electrons. The first-order valence-corrected chi connectivity index (χ1v) is 9.81. The zero-order valence-electron chi connectivity index (χ0n) is 16.8. The number of hydrogen-bond acceptors (Lipinski definition) is 3. The molecular weight excluding hydrogens is 340 g/mol. The topological polar surface area (TPSA) is 67.2 Å². The van der Waals surface area contributed by atoms with Crippen LogP contribution in [-0.2, 0) is 16.1 Å². The van der Waals surface area contributed by atoms with Crippen molar-refractivity contribution in [3.05, 3.63) is 30.1 Å². The van der Waals surface area contributed by atoms with Crippen LogP contribution < -0.4 is 5.32 Å². The third-order valence-corrected chi connectivity index (χ3v) is 5.10. The summed E-state index contributed by atoms with van der Waals surface area (Å²) in [5.41, 5.74) is 1.29. The molecule has 6 nitrogen and oxygen atoms in total. The predicted octanol–water partition coefficient (Wildman–Crippen LogP) is 3.27. The van der Waals surface area contributed by atoms with Crippen LogP contribution >= 0.6 is 0 Å². The zero-order valence-corrected chi connectivity index (χ0v) is 16.8. The average Bonchev–Trinajstić information content (AvgIpc) is 3.00. The van der Waals surface area contributed by atoms with Gasteiger partial charge in [0.2, 0.25) is 11.8 Å². The molecule has 1 aromatic heterocycles. The van der Waals surface area contributed by atoms with Crippen molar-refractivity contribution in [1.82, 2.24) is 19.8 Å². The molecular formula is C21H30N4O2. The monoisotopic (exact) mass is 370 g/mol. The van der Waals surface area contributed by atoms with Crippen molar-refractivity contribution in [2.24, 2.45) is 5.41 Å². The van der Waals surface area contributed by atoms with Gasteiger partial charge in [0.15, 0.2) is 0 Å². The number of hydrogen-bond donors (Lipinski definition) is 1. The van der Waals surface area contributed by atoms with Crippen LogP contribution in [0.5, 0.6) is 0 Å². The van der Waals surface area contributed by atoms with E-state index in [2.05, 4.69) is 5.32 Å². The van der Waals surface area contributed by atoms with Crippen molar-refractivity contribution in [2.45, 2.75) is 59.5 Å². The van der Waals surface area contributed by atoms with Crippen LogP contribution in [0.15, 0.2) is 24.3 Å². The molecule has 1 aliphatic rings. The second-order valence-corrected chi connectivity index (χ2v) is 8.43. The van der Waals surface area contributed by atoms with Crippen molar-refractivity contribution in [3.8, 4) is 0 Å². The number of aromatic nitrogens is 2. The summed E-state index contributed by atoms with van der Waals surface area (Å²) in [6.45, 7) is 9.50. The number of benzene rings is 1. The summed E-state index contributed by atoms with van der Waals surface area (Å²) in [5.74, 6) is 0.809. The number of piperidine rings is 1. The van der Waals surface area contributed by atoms with Crippen molar-refractivity contribution in [3.63, 3.8) is 0 Å². The fraction of sp³-hybridized carbons (Fsp3) is 0.571. The molecule has 3 rings (SSSR count). The number of carbonyl (C=O) groups excluding carboxylic acids is 2. The lowest BCUT2D eigenvalue weighted by Crippen LogP contribution is -2.39. The minimum Gasteiger partial charge on any atom is -0.346 e. The van der Waals surface area contributed by atoms with Crippen molar-refractivity contribution < 1.29 is 9.59 Å². The Hall–Kier alpha value is -2.37. The smallest absolute Gasteiger partial charge is 0.242 e. The number of carbonyl (C=O) groups is 2. The highest BCUT2D eigenvalue weighted by Crippen LogP contribution is 2.23. The molecule has 146 valence electrons. The number of amides is 2. The summed E-state index contributed by atoms with van der Waals surface area (Å²) >= 11 is 0. The van der Waals surface area contributed by atoms with Crippen LogP contribution in [-0.4, -0.2) is 39.4 Å². The second kappa shape index (κ2) is 7.71. The number of nitrogens with one attached hydrogen (secondary N) is 1. The molecule has 0 spiro atoms. The average molecular weight is 370 g/mol. The van der Waals surface area contributed by atoms with E-state index in [4.69, 9.17) is 4.98 Å². The van der Waals surface area contributed by atoms with E-state index in [1.54, 1.807) is 0 Å². The van der Waals surface area contributed by atoms with Crippen molar-refractivity contribution in [1.29, 1.82) is 0 Å². The predicted molar refractivity (Wildman–Crippen MR) is 106 cm³/mol. The maximum absolute atomic E-state index is 12.9. The van der Waals surface area contributed by atoms with Gasteiger partial charge >= 0.3 is 0 Å². The van der Waals surface area contributed by atoms with Gasteiger partial charge in [0.1, 0.15) is 12.4 Å². The molecule has 0 bridgehead atoms. The Labute approximate surface area is 160 Å². The Kier molecular flexibility index (Phi) is 5.53. The summed E-state index contributed by atoms with van der Waals surface area (Å²) in [5, 5.41) is 3.04. The Balaban J connectivity index is 1.89. The quantitative estimate of drug-likeness (QED) is 0.898. The van der Waals surface area contributed by atoms with E-state index < -0.39 is 5.41 Å². The van der Waals surface area contributed by atoms with E-state index in [1.807, 2.05) is 61.4 Å². The summed E-state index contributed by atoms with van der Waals surface area (Å²) in [4.78, 5) is 31.9. The molecule has 0 saturated carbocycles. The van der Waals surface area contributed by atoms with Gasteiger partial charge in [-0.25, -0.2) is 4.98 Å². The molecule has 2 aromatic rings. The number of imidazole rings is 1. The van der Waals surface area contributed by atoms with Gasteiger partial charge in [0.05, 0.1) is 17.1 Å². The first kappa shape index (κ1) is 19.4. The second-order valence-electron chi connectivity index (χ2n) is 8.43. The van der Waals surface area contributed by atoms with Gasteiger partial charge in [-0.05, 0) is 38.3 Å². The van der Waals surface area contributed by atoms with Crippen LogP contribution in [0.4, 0.5) is 0 Å². The van der Waals surface area contributed by atoms with Crippen molar-refractivity contribution in [2.75, 3.05) is 13.1 Å². The first-order chi connectivity index (χ1) is 12.8. The molecule has 1 aliphatic heterocycles. The Morgan fingerprint density at radius 2 is 1.81 bits per heavy atom. The third-order valence-electron chi connectivity index (χ3n) is 5.10. The Bertz CT molecular complexity index is 828. The number of rotatable bonds is 4. The number of nitrogens with zero attached hydrogens (tertiary/aromatic N) is 3. The van der Waals surface area contributed by atoms with Gasteiger partial charge in [-0.15, -0.1) is 0 Å². The third kappa shape index (κ3) is 4.31. The highest BCUT2D eigenvalue weighted by atomic mass is 16.2. The SMILES string of the molecule is CC(NC(=O)C(C)(C)C)c1nc2ccccc2n1CC(=O)N1CCCCC1. The van der Waals surface area contributed by atoms with Crippen LogP contribution in [0.1, 0.15) is 58.8 Å². The Morgan fingerprint density at radius 3 is 2.48 bits per heavy atom. The molecule has 1 atom stereocenters. The zero-order chi connectivity index (χ0) is 19.6. The van der Waals surface area contributed by atoms with E-state index in [-0.39, 0.29) is 24.4 Å². The summed E-state index contributed by atoms with van der Waals surface area (Å²) < 4.78 is 1.96. The number of likely N-dealkylation sites (tertiary alicyclic amines) is 1. The van der Waals surface area contributed by atoms with Crippen molar-refractivity contribution >= 4 is 22.8 Å². The van der Waals surface area contributed by atoms with Gasteiger partial charge in [-0.3, -0.25) is 9.59 Å². The van der Waals surface area contributed by atoms with Gasteiger partial charge in [-0.2, -0.15) is 0 Å². The molecule has 2 amide bonds. The Morgan fingerprint density at radius 1 is 1.15 bits per heavy atom. The summed E-state index contributed by atoms with van der Waals surface area (Å²) in [6, 6.07) is 7.54. The van der Waals surface area contributed by atoms with E-state index in [9.17, 15) is 9.59 Å². The molecule has 6 heteroatoms. The van der Waals surface area contributed by atoms with Crippen LogP contribution in [0, 0.1) is 5.41 Å². The normalized spacial score (nSPS) is 16.4. The lowest BCUT2D eigenvalue weighted by Gasteiger charge is -2.27. The van der Waals surface area contributed by atoms with Crippen LogP contribution in [0.3, 0.4) is 0 Å². The van der Waals surface area contributed by atoms with E-state index in [0.29, 0.717) is 0 Å². The minimum absolute atomic E-state index is 0.0315. The molecule has 1 fully saturated rings. The van der Waals surface area contributed by atoms with E-state index in [1.165, 1.54) is 6.42 Å². The summed E-state index contributed by atoms with van der Waals surface area (Å²) in [6.07, 6.45) is 3.33. The molecule has 1 N–H and O–H groups in total. The van der Waals surface area contributed by atoms with Gasteiger partial charge in [0.25, 0.3) is 0 Å². The van der Waals surface area contributed by atoms with E-state index in [0.717, 1.165) is 42.8 Å². The molecule has 27 heavy (non-hydrogen) atoms. The first-order valence-electron chi connectivity index (χ1n) is 9.81. The molecule has 2 heterocycles. The van der Waals surface area contributed by atoms with Crippen LogP contribution in [0.2, 0.25) is 0 Å². The maximum Gasteiger partial charge on any atom is 0.242 e. The fourth-order valence-corrected chi connectivity index (χ4v) is 3.45.